The van der Waals surface area contributed by atoms with Gasteiger partial charge in [0.05, 0.1) is 37.4 Å². The van der Waals surface area contributed by atoms with Crippen LogP contribution in [-0.4, -0.2) is 130 Å². The van der Waals surface area contributed by atoms with Gasteiger partial charge in [-0.25, -0.2) is 12.8 Å². The van der Waals surface area contributed by atoms with Crippen molar-refractivity contribution in [3.63, 3.8) is 0 Å². The molecule has 19 heteroatoms. The van der Waals surface area contributed by atoms with Crippen LogP contribution in [0.15, 0.2) is 72.8 Å². The lowest BCUT2D eigenvalue weighted by atomic mass is 9.94. The van der Waals surface area contributed by atoms with E-state index in [1.165, 1.54) is 75.6 Å². The number of carbonyl (C=O) groups excluding carboxylic acids is 5. The van der Waals surface area contributed by atoms with Gasteiger partial charge in [-0.05, 0) is 65.9 Å². The molecule has 4 atom stereocenters. The zero-order chi connectivity index (χ0) is 44.5. The predicted molar refractivity (Wildman–Crippen MR) is 219 cm³/mol. The van der Waals surface area contributed by atoms with E-state index in [9.17, 15) is 36.8 Å². The molecule has 14 nitrogen and oxygen atoms in total. The van der Waals surface area contributed by atoms with E-state index in [0.29, 0.717) is 37.6 Å². The van der Waals surface area contributed by atoms with E-state index < -0.39 is 99.0 Å². The maximum atomic E-state index is 15.5. The highest BCUT2D eigenvalue weighted by molar-refractivity contribution is 7.91. The number of halogens is 4. The normalized spacial score (nSPS) is 18.3. The Bertz CT molecular complexity index is 2170. The van der Waals surface area contributed by atoms with Gasteiger partial charge in [0.15, 0.2) is 9.84 Å². The highest BCUT2D eigenvalue weighted by atomic mass is 35.5. The van der Waals surface area contributed by atoms with Gasteiger partial charge in [-0.1, -0.05) is 55.8 Å². The van der Waals surface area contributed by atoms with Crippen molar-refractivity contribution < 1.29 is 55.0 Å². The summed E-state index contributed by atoms with van der Waals surface area (Å²) in [5.41, 5.74) is 0.703. The second-order valence-corrected chi connectivity index (χ2v) is 18.0. The van der Waals surface area contributed by atoms with Crippen molar-refractivity contribution in [3.05, 3.63) is 100 Å². The summed E-state index contributed by atoms with van der Waals surface area (Å²) in [7, 11) is -2.71. The molecule has 3 N–H and O–H groups in total. The Labute approximate surface area is 357 Å². The molecule has 2 aliphatic heterocycles. The van der Waals surface area contributed by atoms with E-state index in [0.717, 1.165) is 11.0 Å². The summed E-state index contributed by atoms with van der Waals surface area (Å²) in [6, 6.07) is 12.1. The quantitative estimate of drug-likeness (QED) is 0.161. The van der Waals surface area contributed by atoms with E-state index >= 15 is 8.78 Å². The first kappa shape index (κ1) is 47.0. The molecule has 3 aromatic rings. The average Bonchev–Trinajstić information content (AvgIpc) is 3.69. The Hall–Kier alpha value is -5.04. The van der Waals surface area contributed by atoms with Crippen molar-refractivity contribution in [2.45, 2.75) is 61.7 Å². The fourth-order valence-corrected chi connectivity index (χ4v) is 9.09. The number of alkyl halides is 2. The number of amides is 4. The van der Waals surface area contributed by atoms with Gasteiger partial charge >= 0.3 is 5.92 Å². The van der Waals surface area contributed by atoms with Crippen molar-refractivity contribution in [3.8, 4) is 5.75 Å². The van der Waals surface area contributed by atoms with Crippen molar-refractivity contribution in [2.24, 2.45) is 5.92 Å². The molecule has 0 unspecified atom stereocenters. The molecule has 330 valence electrons. The number of likely N-dealkylation sites (tertiary alicyclic amines) is 1. The predicted octanol–water partition coefficient (Wildman–Crippen LogP) is 3.21. The Morgan fingerprint density at radius 3 is 2.28 bits per heavy atom. The first-order chi connectivity index (χ1) is 28.9. The van der Waals surface area contributed by atoms with Crippen molar-refractivity contribution >= 4 is 50.9 Å². The smallest absolute Gasteiger partial charge is 0.383 e. The molecule has 0 bridgehead atoms. The second kappa shape index (κ2) is 20.7. The highest BCUT2D eigenvalue weighted by Crippen LogP contribution is 2.29. The third-order valence-corrected chi connectivity index (χ3v) is 12.9. The fraction of sp³-hybridized carbons (Fsp3) is 0.452. The number of benzene rings is 3. The summed E-state index contributed by atoms with van der Waals surface area (Å²) in [6.45, 7) is 4.20. The fourth-order valence-electron chi connectivity index (χ4n) is 7.15. The lowest BCUT2D eigenvalue weighted by Crippen LogP contribution is -2.60. The SMILES string of the molecule is COc1ccc(CS(=O)(=O)[C@@H]2C[C@@H](C(=O)N[C@H](C(=O)C(F)(F)C(=O)NCCN3CCOCC3)C(C)C)N(C(=O)[C@H](Cc3cccc(F)c3)NC(=O)c3cccc(Cl)c3)C2)cc1. The maximum absolute atomic E-state index is 15.5. The van der Waals surface area contributed by atoms with Crippen LogP contribution in [0.3, 0.4) is 0 Å². The monoisotopic (exact) mass is 891 g/mol. The Morgan fingerprint density at radius 2 is 1.64 bits per heavy atom. The zero-order valence-electron chi connectivity index (χ0n) is 33.9. The molecule has 0 aromatic heterocycles. The van der Waals surface area contributed by atoms with Gasteiger partial charge in [0.1, 0.15) is 23.7 Å². The molecule has 0 saturated carbocycles. The molecular formula is C42H49ClF3N5O9S. The standard InChI is InChI=1S/C42H49ClF3N5O9S/c1-26(2)36(37(52)42(45,46)41(56)47-14-15-50-16-18-60-19-17-50)49-39(54)35-23-33(61(57,58)25-27-10-12-32(59-3)13-11-27)24-51(35)40(55)34(21-28-6-4-9-31(44)20-28)48-38(53)29-7-5-8-30(43)22-29/h4-13,20,22,26,33-36H,14-19,21,23-25H2,1-3H3,(H,47,56)(H,48,53)(H,49,54)/t33-,34+,35+,36+/m1/s1. The van der Waals surface area contributed by atoms with Gasteiger partial charge < -0.3 is 30.3 Å². The van der Waals surface area contributed by atoms with Crippen molar-refractivity contribution in [2.75, 3.05) is 53.0 Å². The van der Waals surface area contributed by atoms with Crippen LogP contribution in [0.2, 0.25) is 5.02 Å². The van der Waals surface area contributed by atoms with E-state index in [1.54, 1.807) is 12.1 Å². The number of ketones is 1. The maximum Gasteiger partial charge on any atom is 0.383 e. The number of hydrogen-bond acceptors (Lipinski definition) is 10. The van der Waals surface area contributed by atoms with Gasteiger partial charge in [-0.2, -0.15) is 8.78 Å². The van der Waals surface area contributed by atoms with Gasteiger partial charge in [0.2, 0.25) is 17.6 Å². The topological polar surface area (TPSA) is 181 Å². The number of nitrogens with zero attached hydrogens (tertiary/aromatic N) is 2. The molecule has 4 amide bonds. The molecule has 0 radical (unpaired) electrons. The number of Topliss-reactive ketones (excluding diaryl/α,β-unsaturated/α-hetero) is 1. The lowest BCUT2D eigenvalue weighted by molar-refractivity contribution is -0.161. The van der Waals surface area contributed by atoms with Crippen LogP contribution in [0.4, 0.5) is 13.2 Å². The van der Waals surface area contributed by atoms with Crippen LogP contribution in [0.5, 0.6) is 5.75 Å². The van der Waals surface area contributed by atoms with Crippen molar-refractivity contribution in [1.29, 1.82) is 0 Å². The summed E-state index contributed by atoms with van der Waals surface area (Å²) >= 11 is 6.10. The van der Waals surface area contributed by atoms with Crippen LogP contribution in [0.25, 0.3) is 0 Å². The van der Waals surface area contributed by atoms with Crippen LogP contribution < -0.4 is 20.7 Å². The van der Waals surface area contributed by atoms with Crippen LogP contribution in [-0.2, 0) is 45.9 Å². The van der Waals surface area contributed by atoms with E-state index in [-0.39, 0.29) is 35.7 Å². The first-order valence-corrected chi connectivity index (χ1v) is 21.8. The van der Waals surface area contributed by atoms with Gasteiger partial charge in [0, 0.05) is 49.7 Å². The average molecular weight is 892 g/mol. The lowest BCUT2D eigenvalue weighted by Gasteiger charge is -2.31. The summed E-state index contributed by atoms with van der Waals surface area (Å²) < 4.78 is 83.8. The number of sulfone groups is 1. The third-order valence-electron chi connectivity index (χ3n) is 10.6. The van der Waals surface area contributed by atoms with Crippen LogP contribution in [0.1, 0.15) is 41.8 Å². The minimum absolute atomic E-state index is 0.0598. The highest BCUT2D eigenvalue weighted by Gasteiger charge is 2.53. The second-order valence-electron chi connectivity index (χ2n) is 15.3. The molecule has 2 fully saturated rings. The molecule has 2 aliphatic rings. The number of rotatable bonds is 18. The Morgan fingerprint density at radius 1 is 0.951 bits per heavy atom. The molecule has 3 aromatic carbocycles. The minimum atomic E-state index is -4.58. The Balaban J connectivity index is 1.43. The number of methoxy groups -OCH3 is 1. The molecule has 2 heterocycles. The first-order valence-electron chi connectivity index (χ1n) is 19.7. The largest absolute Gasteiger partial charge is 0.497 e. The van der Waals surface area contributed by atoms with Gasteiger partial charge in [0.25, 0.3) is 11.8 Å². The van der Waals surface area contributed by atoms with Gasteiger partial charge in [-0.3, -0.25) is 28.9 Å². The van der Waals surface area contributed by atoms with Gasteiger partial charge in [-0.15, -0.1) is 0 Å². The van der Waals surface area contributed by atoms with Crippen LogP contribution in [0, 0.1) is 11.7 Å². The summed E-state index contributed by atoms with van der Waals surface area (Å²) in [5.74, 6) is -12.9. The van der Waals surface area contributed by atoms with Crippen LogP contribution >= 0.6 is 11.6 Å². The third kappa shape index (κ3) is 12.3. The molecule has 0 spiro atoms. The number of carbonyl (C=O) groups is 5. The zero-order valence-corrected chi connectivity index (χ0v) is 35.4. The van der Waals surface area contributed by atoms with Crippen molar-refractivity contribution in [1.82, 2.24) is 25.8 Å². The summed E-state index contributed by atoms with van der Waals surface area (Å²) in [6.07, 6.45) is -0.820. The molecule has 5 rings (SSSR count). The van der Waals surface area contributed by atoms with E-state index in [2.05, 4.69) is 16.0 Å². The minimum Gasteiger partial charge on any atom is -0.497 e. The summed E-state index contributed by atoms with van der Waals surface area (Å²) in [4.78, 5) is 71.4. The number of ether oxygens (including phenoxy) is 2. The number of hydrogen-bond donors (Lipinski definition) is 3. The number of nitrogens with one attached hydrogen (secondary N) is 3. The molecule has 2 saturated heterocycles. The Kier molecular flexibility index (Phi) is 15.9. The molecule has 61 heavy (non-hydrogen) atoms. The van der Waals surface area contributed by atoms with E-state index in [1.807, 2.05) is 4.90 Å². The molecule has 0 aliphatic carbocycles. The summed E-state index contributed by atoms with van der Waals surface area (Å²) in [5, 5.41) is 5.83. The van der Waals surface area contributed by atoms with E-state index in [4.69, 9.17) is 21.1 Å². The number of morpholine rings is 1. The molecular weight excluding hydrogens is 843 g/mol.